The molecule has 0 spiro atoms. The van der Waals surface area contributed by atoms with Crippen LogP contribution in [0.25, 0.3) is 6.08 Å². The van der Waals surface area contributed by atoms with Crippen molar-refractivity contribution in [2.24, 2.45) is 0 Å². The number of amidine groups is 1. The summed E-state index contributed by atoms with van der Waals surface area (Å²) < 4.78 is 10.9. The molecule has 1 aliphatic rings. The van der Waals surface area contributed by atoms with Gasteiger partial charge in [0.1, 0.15) is 11.5 Å². The number of nitrogens with one attached hydrogen (secondary N) is 2. The average Bonchev–Trinajstić information content (AvgIpc) is 3.12. The van der Waals surface area contributed by atoms with Crippen molar-refractivity contribution in [2.75, 3.05) is 23.9 Å². The van der Waals surface area contributed by atoms with Gasteiger partial charge in [0.05, 0.1) is 17.7 Å². The van der Waals surface area contributed by atoms with Crippen LogP contribution in [0.15, 0.2) is 71.6 Å². The van der Waals surface area contributed by atoms with Crippen LogP contribution in [0.2, 0.25) is 10.0 Å². The van der Waals surface area contributed by atoms with E-state index in [1.165, 1.54) is 4.90 Å². The van der Waals surface area contributed by atoms with E-state index in [0.29, 0.717) is 43.4 Å². The van der Waals surface area contributed by atoms with Crippen LogP contribution in [0.1, 0.15) is 5.56 Å². The second-order valence-corrected chi connectivity index (χ2v) is 9.18. The number of halogens is 2. The smallest absolute Gasteiger partial charge is 0.271 e. The SMILES string of the molecule is COc1ccc(N2C(=N)S/C(=C\c3cc(Cl)ccc3OCC(=O)Nc3ccc(Cl)cc3)C2=O)cc1. The lowest BCUT2D eigenvalue weighted by molar-refractivity contribution is -0.118. The molecule has 1 aliphatic heterocycles. The molecular formula is C25H19Cl2N3O4S. The molecule has 7 nitrogen and oxygen atoms in total. The third-order valence-corrected chi connectivity index (χ3v) is 6.27. The summed E-state index contributed by atoms with van der Waals surface area (Å²) in [5, 5.41) is 12.1. The van der Waals surface area contributed by atoms with Gasteiger partial charge in [-0.05, 0) is 84.6 Å². The lowest BCUT2D eigenvalue weighted by Crippen LogP contribution is -2.28. The molecule has 178 valence electrons. The normalized spacial score (nSPS) is 14.4. The van der Waals surface area contributed by atoms with Crippen LogP contribution in [0, 0.1) is 5.41 Å². The second kappa shape index (κ2) is 10.9. The Labute approximate surface area is 216 Å². The number of amides is 2. The monoisotopic (exact) mass is 527 g/mol. The van der Waals surface area contributed by atoms with E-state index in [-0.39, 0.29) is 23.6 Å². The maximum atomic E-state index is 13.1. The maximum Gasteiger partial charge on any atom is 0.271 e. The third-order valence-electron chi connectivity index (χ3n) is 4.90. The van der Waals surface area contributed by atoms with Crippen molar-refractivity contribution in [1.82, 2.24) is 0 Å². The first-order valence-electron chi connectivity index (χ1n) is 10.3. The summed E-state index contributed by atoms with van der Waals surface area (Å²) in [6.45, 7) is -0.255. The zero-order chi connectivity index (χ0) is 24.9. The number of hydrogen-bond donors (Lipinski definition) is 2. The van der Waals surface area contributed by atoms with E-state index in [2.05, 4.69) is 5.32 Å². The lowest BCUT2D eigenvalue weighted by Gasteiger charge is -2.14. The molecular weight excluding hydrogens is 509 g/mol. The van der Waals surface area contributed by atoms with E-state index in [9.17, 15) is 9.59 Å². The van der Waals surface area contributed by atoms with Crippen molar-refractivity contribution >= 4 is 69.4 Å². The highest BCUT2D eigenvalue weighted by molar-refractivity contribution is 8.19. The van der Waals surface area contributed by atoms with Crippen LogP contribution in [0.4, 0.5) is 11.4 Å². The maximum absolute atomic E-state index is 13.1. The van der Waals surface area contributed by atoms with Gasteiger partial charge in [0, 0.05) is 21.3 Å². The van der Waals surface area contributed by atoms with Crippen LogP contribution >= 0.6 is 35.0 Å². The molecule has 0 aliphatic carbocycles. The van der Waals surface area contributed by atoms with Crippen LogP contribution in [0.5, 0.6) is 11.5 Å². The Bertz CT molecular complexity index is 1310. The van der Waals surface area contributed by atoms with E-state index in [1.807, 2.05) is 0 Å². The largest absolute Gasteiger partial charge is 0.497 e. The van der Waals surface area contributed by atoms with E-state index in [0.717, 1.165) is 11.8 Å². The number of ether oxygens (including phenoxy) is 2. The van der Waals surface area contributed by atoms with Crippen molar-refractivity contribution in [3.63, 3.8) is 0 Å². The average molecular weight is 528 g/mol. The molecule has 0 aromatic heterocycles. The van der Waals surface area contributed by atoms with Crippen LogP contribution < -0.4 is 19.7 Å². The van der Waals surface area contributed by atoms with Gasteiger partial charge in [-0.2, -0.15) is 0 Å². The highest BCUT2D eigenvalue weighted by atomic mass is 35.5. The summed E-state index contributed by atoms with van der Waals surface area (Å²) in [6.07, 6.45) is 1.60. The summed E-state index contributed by atoms with van der Waals surface area (Å²) >= 11 is 13.1. The van der Waals surface area contributed by atoms with E-state index in [1.54, 1.807) is 79.9 Å². The first kappa shape index (κ1) is 24.7. The molecule has 2 N–H and O–H groups in total. The number of methoxy groups -OCH3 is 1. The van der Waals surface area contributed by atoms with Gasteiger partial charge in [0.15, 0.2) is 11.8 Å². The Hall–Kier alpha value is -3.46. The van der Waals surface area contributed by atoms with Gasteiger partial charge in [0.25, 0.3) is 11.8 Å². The number of carbonyl (C=O) groups is 2. The highest BCUT2D eigenvalue weighted by Gasteiger charge is 2.33. The molecule has 3 aromatic carbocycles. The summed E-state index contributed by atoms with van der Waals surface area (Å²) in [4.78, 5) is 27.0. The van der Waals surface area contributed by atoms with Crippen molar-refractivity contribution in [3.8, 4) is 11.5 Å². The first-order valence-corrected chi connectivity index (χ1v) is 11.9. The molecule has 35 heavy (non-hydrogen) atoms. The van der Waals surface area contributed by atoms with E-state index in [4.69, 9.17) is 38.1 Å². The number of carbonyl (C=O) groups excluding carboxylic acids is 2. The lowest BCUT2D eigenvalue weighted by atomic mass is 10.1. The minimum absolute atomic E-state index is 0.0678. The van der Waals surface area contributed by atoms with Gasteiger partial charge in [-0.1, -0.05) is 23.2 Å². The molecule has 0 atom stereocenters. The van der Waals surface area contributed by atoms with Crippen LogP contribution in [-0.4, -0.2) is 30.7 Å². The molecule has 1 heterocycles. The van der Waals surface area contributed by atoms with Gasteiger partial charge in [0.2, 0.25) is 0 Å². The van der Waals surface area contributed by atoms with Crippen molar-refractivity contribution in [2.45, 2.75) is 0 Å². The second-order valence-electron chi connectivity index (χ2n) is 7.28. The quantitative estimate of drug-likeness (QED) is 0.363. The van der Waals surface area contributed by atoms with Crippen molar-refractivity contribution < 1.29 is 19.1 Å². The zero-order valence-corrected chi connectivity index (χ0v) is 20.7. The molecule has 1 saturated heterocycles. The molecule has 0 saturated carbocycles. The first-order chi connectivity index (χ1) is 16.8. The molecule has 10 heteroatoms. The minimum Gasteiger partial charge on any atom is -0.497 e. The molecule has 0 bridgehead atoms. The highest BCUT2D eigenvalue weighted by Crippen LogP contribution is 2.37. The molecule has 0 radical (unpaired) electrons. The van der Waals surface area contributed by atoms with Crippen molar-refractivity contribution in [3.05, 3.63) is 87.2 Å². The summed E-state index contributed by atoms with van der Waals surface area (Å²) in [5.74, 6) is 0.309. The predicted molar refractivity (Wildman–Crippen MR) is 141 cm³/mol. The summed E-state index contributed by atoms with van der Waals surface area (Å²) in [7, 11) is 1.56. The van der Waals surface area contributed by atoms with Crippen LogP contribution in [-0.2, 0) is 9.59 Å². The molecule has 3 aromatic rings. The topological polar surface area (TPSA) is 91.7 Å². The predicted octanol–water partition coefficient (Wildman–Crippen LogP) is 6.08. The molecule has 0 unspecified atom stereocenters. The Kier molecular flexibility index (Phi) is 7.65. The molecule has 1 fully saturated rings. The number of rotatable bonds is 7. The van der Waals surface area contributed by atoms with E-state index < -0.39 is 0 Å². The number of anilines is 2. The molecule has 2 amide bonds. The summed E-state index contributed by atoms with van der Waals surface area (Å²) in [6, 6.07) is 18.5. The van der Waals surface area contributed by atoms with Gasteiger partial charge in [-0.15, -0.1) is 0 Å². The van der Waals surface area contributed by atoms with Crippen molar-refractivity contribution in [1.29, 1.82) is 5.41 Å². The fourth-order valence-corrected chi connectivity index (χ4v) is 4.39. The Morgan fingerprint density at radius 3 is 2.43 bits per heavy atom. The number of benzene rings is 3. The van der Waals surface area contributed by atoms with Gasteiger partial charge in [-0.25, -0.2) is 0 Å². The minimum atomic E-state index is -0.361. The third kappa shape index (κ3) is 5.97. The number of hydrogen-bond acceptors (Lipinski definition) is 6. The number of nitrogens with zero attached hydrogens (tertiary/aromatic N) is 1. The Morgan fingerprint density at radius 1 is 1.06 bits per heavy atom. The molecule has 4 rings (SSSR count). The van der Waals surface area contributed by atoms with Crippen LogP contribution in [0.3, 0.4) is 0 Å². The Morgan fingerprint density at radius 2 is 1.74 bits per heavy atom. The van der Waals surface area contributed by atoms with Gasteiger partial charge >= 0.3 is 0 Å². The number of thioether (sulfide) groups is 1. The van der Waals surface area contributed by atoms with Gasteiger partial charge < -0.3 is 14.8 Å². The fraction of sp³-hybridized carbons (Fsp3) is 0.0800. The Balaban J connectivity index is 1.50. The zero-order valence-electron chi connectivity index (χ0n) is 18.4. The summed E-state index contributed by atoms with van der Waals surface area (Å²) in [5.41, 5.74) is 1.65. The van der Waals surface area contributed by atoms with E-state index >= 15 is 0 Å². The van der Waals surface area contributed by atoms with Gasteiger partial charge in [-0.3, -0.25) is 19.9 Å². The fourth-order valence-electron chi connectivity index (χ4n) is 3.23. The standard InChI is InChI=1S/C25H19Cl2N3O4S/c1-33-20-9-7-19(8-10-20)30-24(32)22(35-25(30)28)13-15-12-17(27)4-11-21(15)34-14-23(31)29-18-5-2-16(26)3-6-18/h2-13,28H,14H2,1H3,(H,29,31)/b22-13-,28-25?.